The maximum Gasteiger partial charge on any atom is 0.472 e. The largest absolute Gasteiger partial charge is 0.472 e. The summed E-state index contributed by atoms with van der Waals surface area (Å²) in [6.45, 7) is -2.34. The average Bonchev–Trinajstić information content (AvgIpc) is 4.19. The van der Waals surface area contributed by atoms with Crippen LogP contribution >= 0.6 is 15.6 Å². The van der Waals surface area contributed by atoms with Gasteiger partial charge in [0.05, 0.1) is 26.0 Å². The van der Waals surface area contributed by atoms with E-state index in [-0.39, 0.29) is 48.2 Å². The number of carbonyl (C=O) groups excluding carboxylic acids is 3. The molecule has 2 aliphatic rings. The summed E-state index contributed by atoms with van der Waals surface area (Å²) < 4.78 is 79.3. The number of carbonyl (C=O) groups is 3. The number of hydrogen-bond acceptors (Lipinski definition) is 21. The number of nitrogens with zero attached hydrogens (tertiary/aromatic N) is 7. The van der Waals surface area contributed by atoms with E-state index in [1.54, 1.807) is 24.3 Å². The van der Waals surface area contributed by atoms with E-state index in [1.165, 1.54) is 48.3 Å². The molecule has 416 valence electrons. The van der Waals surface area contributed by atoms with E-state index in [0.29, 0.717) is 29.7 Å². The van der Waals surface area contributed by atoms with E-state index in [1.807, 2.05) is 30.3 Å². The molecule has 2 fully saturated rings. The number of anilines is 3. The molecule has 28 nitrogen and oxygen atoms in total. The van der Waals surface area contributed by atoms with Crippen LogP contribution in [0, 0.1) is 5.82 Å². The van der Waals surface area contributed by atoms with Crippen LogP contribution in [-0.2, 0) is 70.7 Å². The van der Waals surface area contributed by atoms with E-state index >= 15 is 0 Å². The zero-order valence-electron chi connectivity index (χ0n) is 41.1. The van der Waals surface area contributed by atoms with Crippen molar-refractivity contribution in [2.24, 2.45) is 0 Å². The molecule has 2 aliphatic heterocycles. The predicted octanol–water partition coefficient (Wildman–Crippen LogP) is 2.27. The summed E-state index contributed by atoms with van der Waals surface area (Å²) in [6, 6.07) is 20.9. The molecule has 3 aromatic heterocycles. The van der Waals surface area contributed by atoms with Crippen LogP contribution in [0.2, 0.25) is 0 Å². The number of esters is 1. The Balaban J connectivity index is 0.991. The third kappa shape index (κ3) is 14.3. The molecule has 6 aromatic rings. The molecule has 0 saturated carbocycles. The Kier molecular flexibility index (Phi) is 18.1. The monoisotopic (exact) mass is 1130 g/mol. The lowest BCUT2D eigenvalue weighted by molar-refractivity contribution is -0.162. The molecule has 0 bridgehead atoms. The summed E-state index contributed by atoms with van der Waals surface area (Å²) in [6.07, 6.45) is -11.1. The molecule has 3 aromatic carbocycles. The molecular formula is C47H53FN10O18P2. The predicted molar refractivity (Wildman–Crippen MR) is 267 cm³/mol. The second-order valence-corrected chi connectivity index (χ2v) is 20.5. The van der Waals surface area contributed by atoms with Crippen molar-refractivity contribution in [3.05, 3.63) is 137 Å². The topological polar surface area (TPSA) is 397 Å². The number of fused-ring (bicyclic) bond motifs is 1. The Morgan fingerprint density at radius 3 is 2.18 bits per heavy atom. The number of nitrogens with two attached hydrogens (primary N) is 2. The molecule has 31 heteroatoms. The Bertz CT molecular complexity index is 3230. The van der Waals surface area contributed by atoms with Crippen LogP contribution in [-0.4, -0.2) is 140 Å². The fourth-order valence-electron chi connectivity index (χ4n) is 8.52. The third-order valence-electron chi connectivity index (χ3n) is 12.4. The minimum Gasteiger partial charge on any atom is -0.455 e. The second kappa shape index (κ2) is 24.7. The molecule has 2 amide bonds. The van der Waals surface area contributed by atoms with Crippen molar-refractivity contribution in [1.29, 1.82) is 0 Å². The fourth-order valence-corrected chi connectivity index (χ4v) is 9.82. The van der Waals surface area contributed by atoms with Gasteiger partial charge >= 0.3 is 33.4 Å². The quantitative estimate of drug-likeness (QED) is 0.0357. The molecule has 0 spiro atoms. The van der Waals surface area contributed by atoms with Crippen LogP contribution in [0.25, 0.3) is 11.2 Å². The number of rotatable bonds is 22. The average molecular weight is 1130 g/mol. The Morgan fingerprint density at radius 2 is 1.49 bits per heavy atom. The zero-order valence-corrected chi connectivity index (χ0v) is 42.9. The number of aliphatic hydroxyl groups is 2. The first-order valence-corrected chi connectivity index (χ1v) is 26.7. The summed E-state index contributed by atoms with van der Waals surface area (Å²) in [4.78, 5) is 100. The number of nitrogen functional groups attached to an aromatic ring is 2. The highest BCUT2D eigenvalue weighted by atomic mass is 31.2. The summed E-state index contributed by atoms with van der Waals surface area (Å²) in [5.74, 6) is -2.10. The van der Waals surface area contributed by atoms with Gasteiger partial charge in [-0.3, -0.25) is 32.4 Å². The van der Waals surface area contributed by atoms with Gasteiger partial charge in [-0.05, 0) is 66.3 Å². The first-order valence-electron chi connectivity index (χ1n) is 23.7. The van der Waals surface area contributed by atoms with E-state index in [0.717, 1.165) is 27.6 Å². The van der Waals surface area contributed by atoms with Crippen LogP contribution in [0.1, 0.15) is 42.0 Å². The molecule has 78 heavy (non-hydrogen) atoms. The van der Waals surface area contributed by atoms with Gasteiger partial charge in [0.25, 0.3) is 0 Å². The standard InChI is InChI=1S/C47H53FN10O18P2/c1-56(47(64)70-21-28-12-16-30(17-13-28)54-35(59)20-27-10-14-29(48)15-11-27)31(9-5-8-26-6-3-2-4-7-26)45(62)75-39-32(73-44(37(39)60)58-25-53-36-41(50)51-24-52-42(36)58)23-72-78(68,69)76-40-33(22-71-77(65,66)67)74-43(38(40)61)57-19-18-34(49)55-46(57)63/h2-4,6-7,10-19,24-25,31-33,37-40,43-44,60-61H,5,8-9,20-23H2,1H3,(H,54,59)(H,68,69)(H2,49,55,63)(H2,50,51,52)(H2,65,66,67)/t31-,32+,33+,37+,38+,39+,40+,43+,44+/m0/s1. The molecule has 1 unspecified atom stereocenters. The van der Waals surface area contributed by atoms with Crippen LogP contribution in [0.3, 0.4) is 0 Å². The number of likely N-dealkylation sites (N-methyl/N-ethyl adjacent to an activating group) is 1. The Hall–Kier alpha value is -7.11. The maximum atomic E-state index is 14.5. The summed E-state index contributed by atoms with van der Waals surface area (Å²) in [7, 11) is -9.41. The van der Waals surface area contributed by atoms with Gasteiger partial charge in [0.15, 0.2) is 30.0 Å². The number of benzene rings is 3. The van der Waals surface area contributed by atoms with Crippen molar-refractivity contribution < 1.29 is 85.3 Å². The van der Waals surface area contributed by atoms with Gasteiger partial charge in [0.1, 0.15) is 66.6 Å². The number of aliphatic hydroxyl groups excluding tert-OH is 2. The first kappa shape index (κ1) is 57.1. The highest BCUT2D eigenvalue weighted by Crippen LogP contribution is 2.50. The van der Waals surface area contributed by atoms with Gasteiger partial charge in [0.2, 0.25) is 5.91 Å². The van der Waals surface area contributed by atoms with Gasteiger partial charge in [-0.2, -0.15) is 4.98 Å². The van der Waals surface area contributed by atoms with Crippen molar-refractivity contribution in [2.45, 2.75) is 87.4 Å². The van der Waals surface area contributed by atoms with Gasteiger partial charge < -0.3 is 60.6 Å². The highest BCUT2D eigenvalue weighted by molar-refractivity contribution is 7.47. The number of amides is 2. The molecule has 8 rings (SSSR count). The molecule has 2 saturated heterocycles. The molecule has 0 radical (unpaired) electrons. The van der Waals surface area contributed by atoms with Gasteiger partial charge in [-0.25, -0.2) is 42.9 Å². The lowest BCUT2D eigenvalue weighted by atomic mass is 10.0. The number of halogens is 1. The van der Waals surface area contributed by atoms with E-state index in [9.17, 15) is 57.6 Å². The molecule has 10 N–H and O–H groups in total. The Morgan fingerprint density at radius 1 is 0.833 bits per heavy atom. The van der Waals surface area contributed by atoms with Crippen LogP contribution in [0.5, 0.6) is 0 Å². The summed E-state index contributed by atoms with van der Waals surface area (Å²) in [5, 5.41) is 26.0. The number of hydrogen-bond donors (Lipinski definition) is 8. The van der Waals surface area contributed by atoms with Crippen molar-refractivity contribution in [1.82, 2.24) is 34.0 Å². The summed E-state index contributed by atoms with van der Waals surface area (Å²) in [5.41, 5.74) is 13.2. The van der Waals surface area contributed by atoms with Gasteiger partial charge in [-0.1, -0.05) is 54.6 Å². The number of nitrogens with one attached hydrogen (secondary N) is 1. The van der Waals surface area contributed by atoms with Crippen LogP contribution in [0.4, 0.5) is 26.5 Å². The zero-order chi connectivity index (χ0) is 55.9. The van der Waals surface area contributed by atoms with Crippen molar-refractivity contribution in [2.75, 3.05) is 37.0 Å². The number of aromatic nitrogens is 6. The SMILES string of the molecule is CN(C(=O)OCc1ccc(NC(=O)Cc2ccc(F)cc2)cc1)[C@@H](CCCc1ccccc1)C(=O)O[C@H]1[C@@H](O)[C@H](n2cnc3c(N)ncnc32)O[C@@H]1COP(=O)(O)O[C@H]1[C@@H](O)[C@H](n2ccc(N)nc2=O)O[C@@H]1COP(=O)(O)O. The number of imidazole rings is 1. The smallest absolute Gasteiger partial charge is 0.455 e. The molecule has 10 atom stereocenters. The van der Waals surface area contributed by atoms with Crippen molar-refractivity contribution in [3.8, 4) is 0 Å². The minimum absolute atomic E-state index is 0.000446. The second-order valence-electron chi connectivity index (χ2n) is 17.9. The number of phosphoric acid groups is 2. The van der Waals surface area contributed by atoms with Crippen molar-refractivity contribution >= 4 is 62.1 Å². The van der Waals surface area contributed by atoms with Crippen molar-refractivity contribution in [3.63, 3.8) is 0 Å². The van der Waals surface area contributed by atoms with Crippen LogP contribution in [0.15, 0.2) is 109 Å². The van der Waals surface area contributed by atoms with E-state index in [4.69, 9.17) is 39.5 Å². The highest BCUT2D eigenvalue weighted by Gasteiger charge is 2.52. The fraction of sp³-hybridized carbons (Fsp3) is 0.362. The third-order valence-corrected chi connectivity index (χ3v) is 13.9. The van der Waals surface area contributed by atoms with E-state index < -0.39 is 108 Å². The van der Waals surface area contributed by atoms with E-state index in [2.05, 4.69) is 29.8 Å². The number of phosphoric ester groups is 2. The lowest BCUT2D eigenvalue weighted by Gasteiger charge is -2.29. The first-order chi connectivity index (χ1) is 37.1. The molecule has 0 aliphatic carbocycles. The number of aryl methyl sites for hydroxylation is 1. The minimum atomic E-state index is -5.50. The normalized spacial score (nSPS) is 22.4. The molecular weight excluding hydrogens is 1070 g/mol. The lowest BCUT2D eigenvalue weighted by Crippen LogP contribution is -2.47. The Labute approximate surface area is 441 Å². The van der Waals surface area contributed by atoms with Gasteiger partial charge in [0, 0.05) is 18.9 Å². The number of ether oxygens (including phenoxy) is 4. The van der Waals surface area contributed by atoms with Crippen LogP contribution < -0.4 is 22.5 Å². The summed E-state index contributed by atoms with van der Waals surface area (Å²) >= 11 is 0. The molecule has 5 heterocycles. The maximum absolute atomic E-state index is 14.5. The van der Waals surface area contributed by atoms with Gasteiger partial charge in [-0.15, -0.1) is 0 Å².